The first-order valence-electron chi connectivity index (χ1n) is 2.68. The van der Waals surface area contributed by atoms with Crippen LogP contribution in [0.25, 0.3) is 0 Å². The van der Waals surface area contributed by atoms with E-state index in [1.807, 2.05) is 0 Å². The van der Waals surface area contributed by atoms with E-state index in [-0.39, 0.29) is 53.0 Å². The second kappa shape index (κ2) is 451. The summed E-state index contributed by atoms with van der Waals surface area (Å²) in [6.07, 6.45) is 0. The van der Waals surface area contributed by atoms with Crippen molar-refractivity contribution in [1.82, 2.24) is 0 Å². The molecule has 27 heavy (non-hydrogen) atoms. The predicted molar refractivity (Wildman–Crippen MR) is 59.6 cm³/mol. The zero-order valence-corrected chi connectivity index (χ0v) is 17.8. The van der Waals surface area contributed by atoms with Gasteiger partial charge in [0, 0.05) is 33.6 Å². The van der Waals surface area contributed by atoms with Crippen LogP contribution < -0.4 is 0 Å². The third kappa shape index (κ3) is 408. The zero-order chi connectivity index (χ0) is 24.0. The van der Waals surface area contributed by atoms with Gasteiger partial charge in [0.25, 0.3) is 0 Å². The third-order valence-electron chi connectivity index (χ3n) is 0. The van der Waals surface area contributed by atoms with Crippen molar-refractivity contribution in [3.05, 3.63) is 78.9 Å². The number of hydrogen-bond acceptors (Lipinski definition) is 12. The van der Waals surface area contributed by atoms with E-state index in [0.717, 1.165) is 0 Å². The monoisotopic (exact) mass is 494 g/mol. The molecule has 0 amide bonds. The first-order valence-corrected chi connectivity index (χ1v) is 2.68. The van der Waals surface area contributed by atoms with E-state index in [2.05, 4.69) is 0 Å². The second-order valence-electron chi connectivity index (χ2n) is 0. The number of rotatable bonds is 0. The quantitative estimate of drug-likeness (QED) is 0.337. The van der Waals surface area contributed by atoms with E-state index in [0.29, 0.717) is 0 Å². The Labute approximate surface area is 194 Å². The van der Waals surface area contributed by atoms with Crippen LogP contribution in [-0.4, -0.2) is 0 Å². The first kappa shape index (κ1) is 185. The predicted octanol–water partition coefficient (Wildman–Crippen LogP) is 1.15. The van der Waals surface area contributed by atoms with Gasteiger partial charge in [0.15, 0.2) is 0 Å². The van der Waals surface area contributed by atoms with Crippen molar-refractivity contribution >= 4 is 0 Å². The molecule has 0 saturated carbocycles. The van der Waals surface area contributed by atoms with Crippen molar-refractivity contribution in [3.8, 4) is 0 Å². The van der Waals surface area contributed by atoms with Crippen molar-refractivity contribution in [3.63, 3.8) is 0 Å². The van der Waals surface area contributed by atoms with Crippen LogP contribution in [0.15, 0.2) is 0 Å². The summed E-state index contributed by atoms with van der Waals surface area (Å²) in [6.45, 7) is 57.0. The molecule has 0 rings (SSSR count). The molecule has 0 bridgehead atoms. The minimum Gasteiger partial charge on any atom is -0.512 e. The van der Waals surface area contributed by atoms with Gasteiger partial charge in [0.2, 0.25) is 0 Å². The average Bonchev–Trinajstić information content (AvgIpc) is 2.84. The van der Waals surface area contributed by atoms with E-state index in [4.69, 9.17) is 142 Å². The molecule has 0 unspecified atom stereocenters. The van der Waals surface area contributed by atoms with Crippen LogP contribution >= 0.6 is 0 Å². The Balaban J connectivity index is -0.00000000443. The van der Waals surface area contributed by atoms with Crippen LogP contribution in [0.3, 0.4) is 0 Å². The molecule has 15 heteroatoms. The fourth-order valence-electron chi connectivity index (χ4n) is 0. The van der Waals surface area contributed by atoms with Crippen molar-refractivity contribution < 1.29 is 53.0 Å². The van der Waals surface area contributed by atoms with Crippen molar-refractivity contribution in [1.29, 1.82) is 63.1 Å². The van der Waals surface area contributed by atoms with E-state index >= 15 is 0 Å². The Morgan fingerprint density at radius 2 is 0.185 bits per heavy atom. The fraction of sp³-hybridized carbons (Fsp3) is 0. The molecule has 0 aliphatic carbocycles. The Kier molecular flexibility index (Phi) is 3080. The van der Waals surface area contributed by atoms with Crippen molar-refractivity contribution in [2.24, 2.45) is 0 Å². The maximum Gasteiger partial charge on any atom is 2.00 e. The number of nitrogens with zero attached hydrogens (tertiary/aromatic N) is 12. The van der Waals surface area contributed by atoms with Crippen LogP contribution in [0.5, 0.6) is 0 Å². The maximum atomic E-state index is 6.25. The van der Waals surface area contributed by atoms with Gasteiger partial charge in [-0.15, -0.1) is 0 Å². The Bertz CT molecular complexity index is 226. The molecular weight excluding hydrogens is 495 g/mol. The Morgan fingerprint density at radius 1 is 0.185 bits per heavy atom. The molecular formula is C12Co2N12Zn-10. The van der Waals surface area contributed by atoms with Gasteiger partial charge in [0.1, 0.15) is 0 Å². The average molecular weight is 495 g/mol. The van der Waals surface area contributed by atoms with Crippen LogP contribution in [0, 0.1) is 142 Å². The van der Waals surface area contributed by atoms with Gasteiger partial charge < -0.3 is 142 Å². The molecule has 0 aromatic carbocycles. The van der Waals surface area contributed by atoms with Gasteiger partial charge in [-0.1, -0.05) is 0 Å². The Morgan fingerprint density at radius 3 is 0.185 bits per heavy atom. The SMILES string of the molecule is [C-]#N.[C-]#N.[C-]#N.[C-]#N.[C-]#N.[C-]#N.[C-]#N.[C-]#N.[C-]#N.[C-]#N.[C-]#N.[C-]#N.[Co].[Co].[Zn+2]. The summed E-state index contributed by atoms with van der Waals surface area (Å²) in [5, 5.41) is 75.0. The van der Waals surface area contributed by atoms with Gasteiger partial charge >= 0.3 is 19.5 Å². The second-order valence-corrected chi connectivity index (χ2v) is 0. The van der Waals surface area contributed by atoms with Gasteiger partial charge in [-0.05, 0) is 0 Å². The van der Waals surface area contributed by atoms with Crippen LogP contribution in [0.4, 0.5) is 0 Å². The molecule has 0 aromatic rings. The van der Waals surface area contributed by atoms with Gasteiger partial charge in [-0.25, -0.2) is 0 Å². The minimum atomic E-state index is 0. The van der Waals surface area contributed by atoms with Crippen LogP contribution in [0.2, 0.25) is 0 Å². The summed E-state index contributed by atoms with van der Waals surface area (Å²) in [5.74, 6) is 0. The smallest absolute Gasteiger partial charge is 0.512 e. The van der Waals surface area contributed by atoms with E-state index in [1.54, 1.807) is 0 Å². The molecule has 138 valence electrons. The standard InChI is InChI=1S/12CN.2Co.Zn/c12*1-2;;;/q12*-1;;;+2. The summed E-state index contributed by atoms with van der Waals surface area (Å²) in [6, 6.07) is 0. The van der Waals surface area contributed by atoms with E-state index in [1.165, 1.54) is 0 Å². The molecule has 0 saturated heterocycles. The van der Waals surface area contributed by atoms with E-state index < -0.39 is 0 Å². The molecule has 0 fully saturated rings. The van der Waals surface area contributed by atoms with Crippen LogP contribution in [-0.2, 0) is 53.0 Å². The van der Waals surface area contributed by atoms with Crippen molar-refractivity contribution in [2.45, 2.75) is 0 Å². The van der Waals surface area contributed by atoms with Gasteiger partial charge in [-0.3, -0.25) is 0 Å². The topological polar surface area (TPSA) is 285 Å². The summed E-state index contributed by atoms with van der Waals surface area (Å²) < 4.78 is 0. The normalized spacial score (nSPS) is 0.889. The van der Waals surface area contributed by atoms with Gasteiger partial charge in [0.05, 0.1) is 0 Å². The minimum absolute atomic E-state index is 0. The molecule has 0 spiro atoms. The maximum absolute atomic E-state index is 6.25. The summed E-state index contributed by atoms with van der Waals surface area (Å²) in [7, 11) is 0. The number of hydrogen-bond donors (Lipinski definition) is 0. The molecule has 0 N–H and O–H groups in total. The third-order valence-corrected chi connectivity index (χ3v) is 0. The van der Waals surface area contributed by atoms with Crippen LogP contribution in [0.1, 0.15) is 0 Å². The molecule has 0 heterocycles. The molecule has 0 aliphatic heterocycles. The molecule has 0 aromatic heterocycles. The first-order chi connectivity index (χ1) is 12.0. The fourth-order valence-corrected chi connectivity index (χ4v) is 0. The Hall–Kier alpha value is -4.48. The van der Waals surface area contributed by atoms with Crippen molar-refractivity contribution in [2.75, 3.05) is 0 Å². The van der Waals surface area contributed by atoms with Gasteiger partial charge in [-0.2, -0.15) is 0 Å². The molecule has 0 atom stereocenters. The molecule has 2 radical (unpaired) electrons. The molecule has 12 nitrogen and oxygen atoms in total. The zero-order valence-electron chi connectivity index (χ0n) is 12.7. The largest absolute Gasteiger partial charge is 2.00 e. The summed E-state index contributed by atoms with van der Waals surface area (Å²) in [4.78, 5) is 0. The summed E-state index contributed by atoms with van der Waals surface area (Å²) >= 11 is 0. The van der Waals surface area contributed by atoms with E-state index in [9.17, 15) is 0 Å². The summed E-state index contributed by atoms with van der Waals surface area (Å²) in [5.41, 5.74) is 0. The molecule has 0 aliphatic rings.